The van der Waals surface area contributed by atoms with Crippen LogP contribution in [0, 0.1) is 0 Å². The van der Waals surface area contributed by atoms with Crippen LogP contribution in [-0.2, 0) is 4.74 Å². The van der Waals surface area contributed by atoms with Gasteiger partial charge in [-0.05, 0) is 18.9 Å². The Morgan fingerprint density at radius 1 is 1.24 bits per heavy atom. The maximum Gasteiger partial charge on any atom is 0.573 e. The highest BCUT2D eigenvalue weighted by atomic mass is 19.4. The largest absolute Gasteiger partial charge is 0.573 e. The average molecular weight is 304 g/mol. The molecule has 0 radical (unpaired) electrons. The average Bonchev–Trinajstić information content (AvgIpc) is 2.90. The van der Waals surface area contributed by atoms with Crippen molar-refractivity contribution < 1.29 is 22.6 Å². The third kappa shape index (κ3) is 3.48. The molecule has 0 amide bonds. The fraction of sp³-hybridized carbons (Fsp3) is 0.571. The highest BCUT2D eigenvalue weighted by Crippen LogP contribution is 2.44. The van der Waals surface area contributed by atoms with Crippen molar-refractivity contribution in [1.29, 1.82) is 0 Å². The van der Waals surface area contributed by atoms with Crippen molar-refractivity contribution in [1.82, 2.24) is 5.43 Å². The molecule has 21 heavy (non-hydrogen) atoms. The summed E-state index contributed by atoms with van der Waals surface area (Å²) >= 11 is 0. The van der Waals surface area contributed by atoms with Gasteiger partial charge in [0.2, 0.25) is 0 Å². The Morgan fingerprint density at radius 2 is 1.86 bits per heavy atom. The number of benzene rings is 1. The number of nitrogens with one attached hydrogen (secondary N) is 1. The van der Waals surface area contributed by atoms with Gasteiger partial charge in [-0.2, -0.15) is 0 Å². The van der Waals surface area contributed by atoms with E-state index < -0.39 is 18.0 Å². The number of nitrogens with two attached hydrogens (primary N) is 1. The van der Waals surface area contributed by atoms with Crippen LogP contribution in [0.15, 0.2) is 24.3 Å². The fourth-order valence-corrected chi connectivity index (χ4v) is 3.05. The monoisotopic (exact) mass is 304 g/mol. The molecule has 1 saturated carbocycles. The Morgan fingerprint density at radius 3 is 2.38 bits per heavy atom. The van der Waals surface area contributed by atoms with Crippen LogP contribution in [0.1, 0.15) is 37.3 Å². The molecular weight excluding hydrogens is 285 g/mol. The van der Waals surface area contributed by atoms with E-state index in [1.165, 1.54) is 12.1 Å². The minimum absolute atomic E-state index is 0.253. The Labute approximate surface area is 121 Å². The van der Waals surface area contributed by atoms with E-state index in [-0.39, 0.29) is 5.75 Å². The number of rotatable bonds is 5. The molecule has 0 aliphatic heterocycles. The van der Waals surface area contributed by atoms with Gasteiger partial charge in [-0.15, -0.1) is 13.2 Å². The number of alkyl halides is 3. The van der Waals surface area contributed by atoms with Crippen molar-refractivity contribution in [2.75, 3.05) is 7.11 Å². The van der Waals surface area contributed by atoms with E-state index in [9.17, 15) is 13.2 Å². The third-order valence-electron chi connectivity index (χ3n) is 4.00. The van der Waals surface area contributed by atoms with E-state index in [0.717, 1.165) is 25.7 Å². The van der Waals surface area contributed by atoms with Gasteiger partial charge in [0.25, 0.3) is 0 Å². The van der Waals surface area contributed by atoms with Crippen LogP contribution < -0.4 is 16.0 Å². The van der Waals surface area contributed by atoms with Crippen molar-refractivity contribution in [2.24, 2.45) is 5.84 Å². The van der Waals surface area contributed by atoms with Crippen LogP contribution in [-0.4, -0.2) is 19.1 Å². The van der Waals surface area contributed by atoms with Gasteiger partial charge in [0.05, 0.1) is 11.6 Å². The summed E-state index contributed by atoms with van der Waals surface area (Å²) in [7, 11) is 1.56. The maximum atomic E-state index is 12.5. The predicted molar refractivity (Wildman–Crippen MR) is 71.4 cm³/mol. The molecule has 1 atom stereocenters. The first kappa shape index (κ1) is 16.1. The molecule has 0 heterocycles. The Bertz CT molecular complexity index is 474. The molecule has 7 heteroatoms. The van der Waals surface area contributed by atoms with Gasteiger partial charge < -0.3 is 9.47 Å². The second kappa shape index (κ2) is 6.21. The zero-order valence-electron chi connectivity index (χ0n) is 11.7. The van der Waals surface area contributed by atoms with Crippen LogP contribution in [0.5, 0.6) is 5.75 Å². The number of para-hydroxylation sites is 1. The molecule has 2 rings (SSSR count). The molecule has 1 aromatic rings. The molecule has 1 unspecified atom stereocenters. The number of hydrogen-bond donors (Lipinski definition) is 2. The molecule has 118 valence electrons. The minimum atomic E-state index is -4.74. The van der Waals surface area contributed by atoms with Gasteiger partial charge in [0, 0.05) is 12.7 Å². The summed E-state index contributed by atoms with van der Waals surface area (Å²) in [5.74, 6) is 5.36. The topological polar surface area (TPSA) is 56.5 Å². The van der Waals surface area contributed by atoms with E-state index in [4.69, 9.17) is 10.6 Å². The van der Waals surface area contributed by atoms with Crippen molar-refractivity contribution in [2.45, 2.75) is 43.7 Å². The summed E-state index contributed by atoms with van der Waals surface area (Å²) in [6, 6.07) is 5.44. The lowest BCUT2D eigenvalue weighted by molar-refractivity contribution is -0.275. The summed E-state index contributed by atoms with van der Waals surface area (Å²) in [5.41, 5.74) is 2.34. The molecule has 0 aromatic heterocycles. The molecule has 3 N–H and O–H groups in total. The van der Waals surface area contributed by atoms with Crippen molar-refractivity contribution >= 4 is 0 Å². The highest BCUT2D eigenvalue weighted by Gasteiger charge is 2.44. The molecule has 1 aliphatic carbocycles. The number of methoxy groups -OCH3 is 1. The molecular formula is C14H19F3N2O2. The Hall–Kier alpha value is -1.31. The summed E-state index contributed by atoms with van der Waals surface area (Å²) in [6.07, 6.45) is -1.37. The summed E-state index contributed by atoms with van der Waals surface area (Å²) < 4.78 is 47.3. The molecule has 0 bridgehead atoms. The van der Waals surface area contributed by atoms with E-state index >= 15 is 0 Å². The second-order valence-corrected chi connectivity index (χ2v) is 5.16. The number of ether oxygens (including phenoxy) is 2. The van der Waals surface area contributed by atoms with E-state index in [1.54, 1.807) is 19.2 Å². The van der Waals surface area contributed by atoms with Gasteiger partial charge in [0.15, 0.2) is 0 Å². The van der Waals surface area contributed by atoms with Gasteiger partial charge in [0.1, 0.15) is 5.75 Å². The lowest BCUT2D eigenvalue weighted by atomic mass is 9.86. The maximum absolute atomic E-state index is 12.5. The molecule has 0 spiro atoms. The Balaban J connectivity index is 2.38. The van der Waals surface area contributed by atoms with E-state index in [0.29, 0.717) is 5.56 Å². The van der Waals surface area contributed by atoms with E-state index in [2.05, 4.69) is 10.2 Å². The SMILES string of the molecule is COC1(C(NN)c2ccccc2OC(F)(F)F)CCCC1. The van der Waals surface area contributed by atoms with Gasteiger partial charge in [-0.25, -0.2) is 5.43 Å². The first-order valence-electron chi connectivity index (χ1n) is 6.78. The normalized spacial score (nSPS) is 19.5. The summed E-state index contributed by atoms with van der Waals surface area (Å²) in [6.45, 7) is 0. The zero-order chi connectivity index (χ0) is 15.5. The minimum Gasteiger partial charge on any atom is -0.405 e. The van der Waals surface area contributed by atoms with Gasteiger partial charge in [-0.1, -0.05) is 31.0 Å². The third-order valence-corrected chi connectivity index (χ3v) is 4.00. The zero-order valence-corrected chi connectivity index (χ0v) is 11.7. The van der Waals surface area contributed by atoms with Crippen LogP contribution in [0.2, 0.25) is 0 Å². The van der Waals surface area contributed by atoms with Crippen LogP contribution in [0.25, 0.3) is 0 Å². The standard InChI is InChI=1S/C14H19F3N2O2/c1-20-13(8-4-5-9-13)12(19-18)10-6-2-3-7-11(10)21-14(15,16)17/h2-3,6-7,12,19H,4-5,8-9,18H2,1H3. The van der Waals surface area contributed by atoms with Crippen molar-refractivity contribution in [3.63, 3.8) is 0 Å². The highest BCUT2D eigenvalue weighted by molar-refractivity contribution is 5.38. The fourth-order valence-electron chi connectivity index (χ4n) is 3.05. The van der Waals surface area contributed by atoms with Crippen LogP contribution in [0.3, 0.4) is 0 Å². The van der Waals surface area contributed by atoms with Crippen LogP contribution >= 0.6 is 0 Å². The Kier molecular flexibility index (Phi) is 4.75. The quantitative estimate of drug-likeness (QED) is 0.648. The lowest BCUT2D eigenvalue weighted by Gasteiger charge is -2.36. The van der Waals surface area contributed by atoms with Crippen LogP contribution in [0.4, 0.5) is 13.2 Å². The molecule has 4 nitrogen and oxygen atoms in total. The van der Waals surface area contributed by atoms with Crippen molar-refractivity contribution in [3.8, 4) is 5.75 Å². The summed E-state index contributed by atoms with van der Waals surface area (Å²) in [5, 5.41) is 0. The van der Waals surface area contributed by atoms with Gasteiger partial charge in [-0.3, -0.25) is 5.84 Å². The van der Waals surface area contributed by atoms with Gasteiger partial charge >= 0.3 is 6.36 Å². The first-order valence-corrected chi connectivity index (χ1v) is 6.78. The molecule has 1 fully saturated rings. The number of halogens is 3. The second-order valence-electron chi connectivity index (χ2n) is 5.16. The predicted octanol–water partition coefficient (Wildman–Crippen LogP) is 3.05. The number of hydrazine groups is 1. The van der Waals surface area contributed by atoms with Crippen molar-refractivity contribution in [3.05, 3.63) is 29.8 Å². The lowest BCUT2D eigenvalue weighted by Crippen LogP contribution is -2.46. The first-order chi connectivity index (χ1) is 9.92. The number of hydrogen-bond acceptors (Lipinski definition) is 4. The molecule has 0 saturated heterocycles. The smallest absolute Gasteiger partial charge is 0.405 e. The molecule has 1 aliphatic rings. The molecule has 1 aromatic carbocycles. The summed E-state index contributed by atoms with van der Waals surface area (Å²) in [4.78, 5) is 0. The van der Waals surface area contributed by atoms with E-state index in [1.807, 2.05) is 0 Å².